The average molecular weight is 277 g/mol. The smallest absolute Gasteiger partial charge is 0.336 e. The van der Waals surface area contributed by atoms with Crippen LogP contribution in [0.4, 0.5) is 0 Å². The first-order chi connectivity index (χ1) is 9.51. The molecule has 0 saturated carbocycles. The lowest BCUT2D eigenvalue weighted by Crippen LogP contribution is -2.33. The van der Waals surface area contributed by atoms with Crippen molar-refractivity contribution in [1.29, 1.82) is 0 Å². The number of benzene rings is 1. The van der Waals surface area contributed by atoms with Crippen LogP contribution in [-0.4, -0.2) is 35.0 Å². The maximum Gasteiger partial charge on any atom is 0.336 e. The predicted molar refractivity (Wildman–Crippen MR) is 79.2 cm³/mol. The third kappa shape index (κ3) is 4.08. The van der Waals surface area contributed by atoms with Crippen molar-refractivity contribution in [3.63, 3.8) is 0 Å². The Morgan fingerprint density at radius 1 is 1.10 bits per heavy atom. The third-order valence-corrected chi connectivity index (χ3v) is 3.20. The van der Waals surface area contributed by atoms with Gasteiger partial charge in [-0.15, -0.1) is 0 Å². The highest BCUT2D eigenvalue weighted by Gasteiger charge is 2.21. The highest BCUT2D eigenvalue weighted by Crippen LogP contribution is 2.15. The first-order valence-electron chi connectivity index (χ1n) is 7.14. The number of carbonyl (C=O) groups excluding carboxylic acids is 1. The largest absolute Gasteiger partial charge is 0.478 e. The van der Waals surface area contributed by atoms with Gasteiger partial charge in [-0.2, -0.15) is 0 Å². The number of unbranched alkanes of at least 4 members (excludes halogenated alkanes) is 1. The molecule has 20 heavy (non-hydrogen) atoms. The number of carboxylic acids is 1. The average Bonchev–Trinajstić information content (AvgIpc) is 2.42. The summed E-state index contributed by atoms with van der Waals surface area (Å²) in [5.41, 5.74) is 1.22. The molecule has 0 unspecified atom stereocenters. The lowest BCUT2D eigenvalue weighted by Gasteiger charge is -2.23. The highest BCUT2D eigenvalue weighted by atomic mass is 16.4. The molecule has 4 nitrogen and oxygen atoms in total. The number of hydrogen-bond donors (Lipinski definition) is 1. The zero-order chi connectivity index (χ0) is 15.1. The fraction of sp³-hybridized carbons (Fsp3) is 0.500. The molecule has 0 saturated heterocycles. The monoisotopic (exact) mass is 277 g/mol. The molecule has 0 atom stereocenters. The molecule has 0 radical (unpaired) electrons. The Kier molecular flexibility index (Phi) is 6.22. The van der Waals surface area contributed by atoms with Crippen LogP contribution in [0, 0.1) is 6.92 Å². The minimum atomic E-state index is -1.05. The van der Waals surface area contributed by atoms with E-state index < -0.39 is 5.97 Å². The van der Waals surface area contributed by atoms with Gasteiger partial charge in [-0.3, -0.25) is 4.79 Å². The van der Waals surface area contributed by atoms with Gasteiger partial charge in [-0.05, 0) is 31.9 Å². The summed E-state index contributed by atoms with van der Waals surface area (Å²) in [5, 5.41) is 9.26. The number of nitrogens with zero attached hydrogens (tertiary/aromatic N) is 1. The van der Waals surface area contributed by atoms with Gasteiger partial charge in [0.15, 0.2) is 0 Å². The molecule has 1 aromatic rings. The molecule has 1 amide bonds. The Hall–Kier alpha value is -1.84. The molecular weight excluding hydrogens is 254 g/mol. The molecule has 4 heteroatoms. The summed E-state index contributed by atoms with van der Waals surface area (Å²) in [6, 6.07) is 4.96. The van der Waals surface area contributed by atoms with Crippen molar-refractivity contribution in [2.24, 2.45) is 0 Å². The summed E-state index contributed by atoms with van der Waals surface area (Å²) in [5.74, 6) is -1.23. The standard InChI is InChI=1S/C16H23NO3/c1-4-6-10-17(9-5-2)15(18)13-8-7-12(3)11-14(13)16(19)20/h7-8,11H,4-6,9-10H2,1-3H3,(H,19,20). The number of carboxylic acid groups (broad SMARTS) is 1. The molecule has 1 N–H and O–H groups in total. The fourth-order valence-electron chi connectivity index (χ4n) is 2.13. The molecule has 110 valence electrons. The Morgan fingerprint density at radius 3 is 2.35 bits per heavy atom. The first kappa shape index (κ1) is 16.2. The van der Waals surface area contributed by atoms with Crippen molar-refractivity contribution in [2.75, 3.05) is 13.1 Å². The maximum atomic E-state index is 12.5. The number of hydrogen-bond acceptors (Lipinski definition) is 2. The predicted octanol–water partition coefficient (Wildman–Crippen LogP) is 3.35. The van der Waals surface area contributed by atoms with Gasteiger partial charge in [0.2, 0.25) is 0 Å². The van der Waals surface area contributed by atoms with Gasteiger partial charge in [-0.25, -0.2) is 4.79 Å². The number of aromatic carboxylic acids is 1. The molecule has 0 aliphatic heterocycles. The zero-order valence-corrected chi connectivity index (χ0v) is 12.5. The van der Waals surface area contributed by atoms with E-state index in [0.29, 0.717) is 13.1 Å². The SMILES string of the molecule is CCCCN(CCC)C(=O)c1ccc(C)cc1C(=O)O. The van der Waals surface area contributed by atoms with Crippen LogP contribution in [0.2, 0.25) is 0 Å². The molecule has 1 rings (SSSR count). The topological polar surface area (TPSA) is 57.6 Å². The van der Waals surface area contributed by atoms with Crippen molar-refractivity contribution in [3.05, 3.63) is 34.9 Å². The van der Waals surface area contributed by atoms with Crippen molar-refractivity contribution in [1.82, 2.24) is 4.90 Å². The summed E-state index contributed by atoms with van der Waals surface area (Å²) < 4.78 is 0. The van der Waals surface area contributed by atoms with Gasteiger partial charge in [0.05, 0.1) is 11.1 Å². The second-order valence-electron chi connectivity index (χ2n) is 5.00. The minimum Gasteiger partial charge on any atom is -0.478 e. The van der Waals surface area contributed by atoms with Crippen LogP contribution < -0.4 is 0 Å². The van der Waals surface area contributed by atoms with Gasteiger partial charge in [-0.1, -0.05) is 31.9 Å². The third-order valence-electron chi connectivity index (χ3n) is 3.20. The van der Waals surface area contributed by atoms with E-state index in [1.165, 1.54) is 0 Å². The normalized spacial score (nSPS) is 10.3. The molecule has 0 aliphatic rings. The van der Waals surface area contributed by atoms with E-state index in [9.17, 15) is 14.7 Å². The Morgan fingerprint density at radius 2 is 1.80 bits per heavy atom. The summed E-state index contributed by atoms with van der Waals surface area (Å²) in [4.78, 5) is 25.6. The number of rotatable bonds is 7. The Bertz CT molecular complexity index is 483. The van der Waals surface area contributed by atoms with E-state index in [1.807, 2.05) is 13.8 Å². The molecular formula is C16H23NO3. The lowest BCUT2D eigenvalue weighted by molar-refractivity contribution is 0.0674. The van der Waals surface area contributed by atoms with E-state index in [1.54, 1.807) is 23.1 Å². The van der Waals surface area contributed by atoms with E-state index in [-0.39, 0.29) is 17.0 Å². The van der Waals surface area contributed by atoms with Crippen LogP contribution in [-0.2, 0) is 0 Å². The van der Waals surface area contributed by atoms with Crippen LogP contribution in [0.1, 0.15) is 59.4 Å². The maximum absolute atomic E-state index is 12.5. The van der Waals surface area contributed by atoms with Gasteiger partial charge in [0.1, 0.15) is 0 Å². The van der Waals surface area contributed by atoms with Crippen LogP contribution >= 0.6 is 0 Å². The lowest BCUT2D eigenvalue weighted by atomic mass is 10.0. The van der Waals surface area contributed by atoms with Crippen molar-refractivity contribution in [3.8, 4) is 0 Å². The zero-order valence-electron chi connectivity index (χ0n) is 12.5. The van der Waals surface area contributed by atoms with E-state index >= 15 is 0 Å². The van der Waals surface area contributed by atoms with E-state index in [2.05, 4.69) is 6.92 Å². The Labute approximate surface area is 120 Å². The quantitative estimate of drug-likeness (QED) is 0.831. The van der Waals surface area contributed by atoms with Crippen molar-refractivity contribution in [2.45, 2.75) is 40.0 Å². The van der Waals surface area contributed by atoms with Gasteiger partial charge in [0.25, 0.3) is 5.91 Å². The number of carbonyl (C=O) groups is 2. The van der Waals surface area contributed by atoms with Crippen molar-refractivity contribution < 1.29 is 14.7 Å². The van der Waals surface area contributed by atoms with E-state index in [4.69, 9.17) is 0 Å². The summed E-state index contributed by atoms with van der Waals surface area (Å²) in [6.45, 7) is 7.24. The minimum absolute atomic E-state index is 0.0904. The second kappa shape index (κ2) is 7.68. The van der Waals surface area contributed by atoms with Crippen LogP contribution in [0.3, 0.4) is 0 Å². The molecule has 0 bridgehead atoms. The first-order valence-corrected chi connectivity index (χ1v) is 7.14. The van der Waals surface area contributed by atoms with Gasteiger partial charge in [0, 0.05) is 13.1 Å². The Balaban J connectivity index is 3.07. The molecule has 0 spiro atoms. The summed E-state index contributed by atoms with van der Waals surface area (Å²) in [6.07, 6.45) is 2.80. The van der Waals surface area contributed by atoms with E-state index in [0.717, 1.165) is 24.8 Å². The van der Waals surface area contributed by atoms with Gasteiger partial charge < -0.3 is 10.0 Å². The van der Waals surface area contributed by atoms with Crippen LogP contribution in [0.5, 0.6) is 0 Å². The molecule has 0 fully saturated rings. The van der Waals surface area contributed by atoms with Crippen molar-refractivity contribution >= 4 is 11.9 Å². The summed E-state index contributed by atoms with van der Waals surface area (Å²) in [7, 11) is 0. The molecule has 0 aliphatic carbocycles. The van der Waals surface area contributed by atoms with Gasteiger partial charge >= 0.3 is 5.97 Å². The fourth-order valence-corrected chi connectivity index (χ4v) is 2.13. The molecule has 0 aromatic heterocycles. The number of amides is 1. The van der Waals surface area contributed by atoms with Crippen LogP contribution in [0.25, 0.3) is 0 Å². The van der Waals surface area contributed by atoms with Crippen LogP contribution in [0.15, 0.2) is 18.2 Å². The molecule has 0 heterocycles. The highest BCUT2D eigenvalue weighted by molar-refractivity contribution is 6.04. The second-order valence-corrected chi connectivity index (χ2v) is 5.00. The number of aryl methyl sites for hydroxylation is 1. The molecule has 1 aromatic carbocycles. The summed E-state index contributed by atoms with van der Waals surface area (Å²) >= 11 is 0.